The molecule has 0 saturated heterocycles. The third-order valence-corrected chi connectivity index (χ3v) is 4.49. The standard InChI is InChI=1S/C16H21NO3/c1-3-16(4-2,15(19)20)9-14(18)17-10-12-7-5-6-8-13(12)11-17/h5-8H,3-4,9-11H2,1-2H3,(H,19,20). The highest BCUT2D eigenvalue weighted by Gasteiger charge is 2.39. The molecule has 0 bridgehead atoms. The number of carbonyl (C=O) groups excluding carboxylic acids is 1. The number of hydrogen-bond acceptors (Lipinski definition) is 2. The zero-order valence-corrected chi connectivity index (χ0v) is 12.1. The van der Waals surface area contributed by atoms with Gasteiger partial charge in [-0.3, -0.25) is 9.59 Å². The van der Waals surface area contributed by atoms with Crippen molar-refractivity contribution in [2.45, 2.75) is 46.2 Å². The molecule has 1 aliphatic heterocycles. The van der Waals surface area contributed by atoms with Gasteiger partial charge in [-0.15, -0.1) is 0 Å². The molecule has 108 valence electrons. The Hall–Kier alpha value is -1.84. The first-order valence-electron chi connectivity index (χ1n) is 7.10. The predicted octanol–water partition coefficient (Wildman–Crippen LogP) is 2.81. The van der Waals surface area contributed by atoms with E-state index in [0.717, 1.165) is 11.1 Å². The lowest BCUT2D eigenvalue weighted by molar-refractivity contribution is -0.154. The molecule has 1 aromatic carbocycles. The lowest BCUT2D eigenvalue weighted by Crippen LogP contribution is -2.37. The molecule has 0 atom stereocenters. The summed E-state index contributed by atoms with van der Waals surface area (Å²) in [5.74, 6) is -0.931. The third-order valence-electron chi connectivity index (χ3n) is 4.49. The van der Waals surface area contributed by atoms with E-state index in [0.29, 0.717) is 25.9 Å². The number of nitrogens with zero attached hydrogens (tertiary/aromatic N) is 1. The summed E-state index contributed by atoms with van der Waals surface area (Å²) in [5.41, 5.74) is 1.40. The maximum Gasteiger partial charge on any atom is 0.310 e. The van der Waals surface area contributed by atoms with Crippen LogP contribution in [-0.2, 0) is 22.7 Å². The molecular weight excluding hydrogens is 254 g/mol. The zero-order valence-electron chi connectivity index (χ0n) is 12.1. The van der Waals surface area contributed by atoms with Gasteiger partial charge in [-0.05, 0) is 24.0 Å². The normalized spacial score (nSPS) is 14.2. The molecule has 20 heavy (non-hydrogen) atoms. The number of hydrogen-bond donors (Lipinski definition) is 1. The van der Waals surface area contributed by atoms with Gasteiger partial charge >= 0.3 is 5.97 Å². The van der Waals surface area contributed by atoms with Crippen LogP contribution in [0.15, 0.2) is 24.3 Å². The van der Waals surface area contributed by atoms with Crippen LogP contribution < -0.4 is 0 Å². The van der Waals surface area contributed by atoms with Crippen LogP contribution in [0.4, 0.5) is 0 Å². The van der Waals surface area contributed by atoms with E-state index in [4.69, 9.17) is 0 Å². The molecule has 0 fully saturated rings. The first-order valence-corrected chi connectivity index (χ1v) is 7.10. The fraction of sp³-hybridized carbons (Fsp3) is 0.500. The molecular formula is C16H21NO3. The van der Waals surface area contributed by atoms with E-state index in [2.05, 4.69) is 0 Å². The molecule has 4 nitrogen and oxygen atoms in total. The molecule has 0 aromatic heterocycles. The quantitative estimate of drug-likeness (QED) is 0.899. The maximum atomic E-state index is 12.4. The number of rotatable bonds is 5. The Labute approximate surface area is 119 Å². The van der Waals surface area contributed by atoms with Crippen LogP contribution in [0.3, 0.4) is 0 Å². The predicted molar refractivity (Wildman–Crippen MR) is 76.0 cm³/mol. The molecule has 0 saturated carbocycles. The smallest absolute Gasteiger partial charge is 0.310 e. The van der Waals surface area contributed by atoms with Gasteiger partial charge in [-0.2, -0.15) is 0 Å². The van der Waals surface area contributed by atoms with Crippen molar-refractivity contribution in [3.63, 3.8) is 0 Å². The van der Waals surface area contributed by atoms with Gasteiger partial charge < -0.3 is 10.0 Å². The first-order chi connectivity index (χ1) is 9.52. The minimum absolute atomic E-state index is 0.0627. The van der Waals surface area contributed by atoms with E-state index in [9.17, 15) is 14.7 Å². The second-order valence-corrected chi connectivity index (χ2v) is 5.49. The van der Waals surface area contributed by atoms with E-state index < -0.39 is 11.4 Å². The highest BCUT2D eigenvalue weighted by molar-refractivity contribution is 5.85. The summed E-state index contributed by atoms with van der Waals surface area (Å²) in [7, 11) is 0. The highest BCUT2D eigenvalue weighted by atomic mass is 16.4. The summed E-state index contributed by atoms with van der Waals surface area (Å²) in [5, 5.41) is 9.42. The second-order valence-electron chi connectivity index (χ2n) is 5.49. The van der Waals surface area contributed by atoms with Gasteiger partial charge in [0.2, 0.25) is 5.91 Å². The molecule has 1 aromatic rings. The number of carbonyl (C=O) groups is 2. The van der Waals surface area contributed by atoms with Crippen molar-refractivity contribution in [3.05, 3.63) is 35.4 Å². The molecule has 0 spiro atoms. The summed E-state index contributed by atoms with van der Waals surface area (Å²) >= 11 is 0. The largest absolute Gasteiger partial charge is 0.481 e. The third kappa shape index (κ3) is 2.55. The topological polar surface area (TPSA) is 57.6 Å². The summed E-state index contributed by atoms with van der Waals surface area (Å²) in [6, 6.07) is 7.97. The average Bonchev–Trinajstić information content (AvgIpc) is 2.88. The number of carboxylic acid groups (broad SMARTS) is 1. The lowest BCUT2D eigenvalue weighted by atomic mass is 9.79. The molecule has 0 aliphatic carbocycles. The van der Waals surface area contributed by atoms with Crippen molar-refractivity contribution in [2.24, 2.45) is 5.41 Å². The Balaban J connectivity index is 2.09. The van der Waals surface area contributed by atoms with Crippen LogP contribution in [0.2, 0.25) is 0 Å². The van der Waals surface area contributed by atoms with Gasteiger partial charge in [-0.1, -0.05) is 38.1 Å². The Kier molecular flexibility index (Phi) is 4.12. The van der Waals surface area contributed by atoms with Crippen molar-refractivity contribution < 1.29 is 14.7 Å². The van der Waals surface area contributed by atoms with Crippen molar-refractivity contribution >= 4 is 11.9 Å². The lowest BCUT2D eigenvalue weighted by Gasteiger charge is -2.28. The Morgan fingerprint density at radius 3 is 2.05 bits per heavy atom. The molecule has 0 unspecified atom stereocenters. The summed E-state index contributed by atoms with van der Waals surface area (Å²) in [6.07, 6.45) is 1.04. The molecule has 1 aliphatic rings. The van der Waals surface area contributed by atoms with Gasteiger partial charge in [0, 0.05) is 19.5 Å². The SMILES string of the molecule is CCC(CC)(CC(=O)N1Cc2ccccc2C1)C(=O)O. The molecule has 4 heteroatoms. The molecule has 2 rings (SSSR count). The minimum atomic E-state index is -0.925. The van der Waals surface area contributed by atoms with Crippen molar-refractivity contribution in [1.29, 1.82) is 0 Å². The average molecular weight is 275 g/mol. The van der Waals surface area contributed by atoms with Crippen LogP contribution in [0.5, 0.6) is 0 Å². The fourth-order valence-electron chi connectivity index (χ4n) is 2.79. The van der Waals surface area contributed by atoms with Crippen LogP contribution in [-0.4, -0.2) is 21.9 Å². The highest BCUT2D eigenvalue weighted by Crippen LogP contribution is 2.33. The van der Waals surface area contributed by atoms with E-state index >= 15 is 0 Å². The molecule has 0 radical (unpaired) electrons. The van der Waals surface area contributed by atoms with E-state index in [1.54, 1.807) is 4.90 Å². The maximum absolute atomic E-state index is 12.4. The van der Waals surface area contributed by atoms with Crippen molar-refractivity contribution in [2.75, 3.05) is 0 Å². The number of fused-ring (bicyclic) bond motifs is 1. The Morgan fingerprint density at radius 1 is 1.15 bits per heavy atom. The number of carboxylic acids is 1. The fourth-order valence-corrected chi connectivity index (χ4v) is 2.79. The second kappa shape index (κ2) is 5.65. The van der Waals surface area contributed by atoms with Gasteiger partial charge in [0.15, 0.2) is 0 Å². The van der Waals surface area contributed by atoms with Gasteiger partial charge in [0.1, 0.15) is 0 Å². The summed E-state index contributed by atoms with van der Waals surface area (Å²) in [6.45, 7) is 4.86. The molecule has 1 amide bonds. The van der Waals surface area contributed by atoms with E-state index in [-0.39, 0.29) is 12.3 Å². The summed E-state index contributed by atoms with van der Waals surface area (Å²) < 4.78 is 0. The zero-order chi connectivity index (χ0) is 14.8. The van der Waals surface area contributed by atoms with Crippen LogP contribution >= 0.6 is 0 Å². The van der Waals surface area contributed by atoms with E-state index in [1.807, 2.05) is 38.1 Å². The molecule has 1 heterocycles. The molecule has 1 N–H and O–H groups in total. The number of aliphatic carboxylic acids is 1. The number of amides is 1. The first kappa shape index (κ1) is 14.6. The Morgan fingerprint density at radius 2 is 1.65 bits per heavy atom. The van der Waals surface area contributed by atoms with Crippen molar-refractivity contribution in [1.82, 2.24) is 4.90 Å². The summed E-state index contributed by atoms with van der Waals surface area (Å²) in [4.78, 5) is 25.7. The van der Waals surface area contributed by atoms with Gasteiger partial charge in [0.05, 0.1) is 5.41 Å². The van der Waals surface area contributed by atoms with E-state index in [1.165, 1.54) is 0 Å². The van der Waals surface area contributed by atoms with Crippen molar-refractivity contribution in [3.8, 4) is 0 Å². The van der Waals surface area contributed by atoms with Crippen LogP contribution in [0.25, 0.3) is 0 Å². The van der Waals surface area contributed by atoms with Gasteiger partial charge in [-0.25, -0.2) is 0 Å². The monoisotopic (exact) mass is 275 g/mol. The van der Waals surface area contributed by atoms with Gasteiger partial charge in [0.25, 0.3) is 0 Å². The Bertz CT molecular complexity index is 495. The number of benzene rings is 1. The van der Waals surface area contributed by atoms with Crippen LogP contribution in [0, 0.1) is 5.41 Å². The minimum Gasteiger partial charge on any atom is -0.481 e. The van der Waals surface area contributed by atoms with Crippen LogP contribution in [0.1, 0.15) is 44.2 Å².